The van der Waals surface area contributed by atoms with E-state index >= 15 is 0 Å². The molecule has 4 aromatic rings. The molecular weight excluding hydrogens is 362 g/mol. The van der Waals surface area contributed by atoms with Gasteiger partial charge in [-0.05, 0) is 23.3 Å². The van der Waals surface area contributed by atoms with Crippen LogP contribution in [0.15, 0.2) is 76.6 Å². The molecule has 0 aliphatic heterocycles. The van der Waals surface area contributed by atoms with Crippen molar-refractivity contribution in [2.45, 2.75) is 6.92 Å². The molecule has 0 amide bonds. The predicted octanol–water partition coefficient (Wildman–Crippen LogP) is 4.22. The number of benzene rings is 3. The zero-order valence-corrected chi connectivity index (χ0v) is 15.7. The maximum Gasteiger partial charge on any atom is 0.270 e. The van der Waals surface area contributed by atoms with Crippen molar-refractivity contribution >= 4 is 22.9 Å². The number of nitrogens with one attached hydrogen (secondary N) is 2. The fraction of sp³-hybridized carbons (Fsp3) is 0.0435. The van der Waals surface area contributed by atoms with Crippen molar-refractivity contribution in [2.75, 3.05) is 5.43 Å². The fourth-order valence-electron chi connectivity index (χ4n) is 3.18. The van der Waals surface area contributed by atoms with Crippen molar-refractivity contribution in [3.05, 3.63) is 93.8 Å². The molecule has 0 saturated heterocycles. The van der Waals surface area contributed by atoms with E-state index in [1.165, 1.54) is 5.56 Å². The van der Waals surface area contributed by atoms with E-state index in [0.29, 0.717) is 11.3 Å². The molecule has 3 aromatic carbocycles. The number of hydrogen-bond acceptors (Lipinski definition) is 5. The number of nitrogens with zero attached hydrogens (tertiary/aromatic N) is 3. The highest BCUT2D eigenvalue weighted by Gasteiger charge is 2.12. The van der Waals surface area contributed by atoms with Gasteiger partial charge in [0.05, 0.1) is 11.9 Å². The summed E-state index contributed by atoms with van der Waals surface area (Å²) in [6.45, 7) is 2.07. The van der Waals surface area contributed by atoms with E-state index in [9.17, 15) is 10.1 Å². The molecule has 1 aromatic heterocycles. The number of hydrazone groups is 1. The fourth-order valence-corrected chi connectivity index (χ4v) is 3.18. The molecule has 0 radical (unpaired) electrons. The Labute approximate surface area is 167 Å². The summed E-state index contributed by atoms with van der Waals surface area (Å²) < 4.78 is 0. The summed E-state index contributed by atoms with van der Waals surface area (Å²) in [6.07, 6.45) is 1.68. The van der Waals surface area contributed by atoms with Crippen LogP contribution >= 0.6 is 0 Å². The Hall–Kier alpha value is -4.24. The third-order valence-corrected chi connectivity index (χ3v) is 4.63. The predicted molar refractivity (Wildman–Crippen MR) is 115 cm³/mol. The van der Waals surface area contributed by atoms with Gasteiger partial charge in [-0.25, -0.2) is 10.4 Å². The van der Waals surface area contributed by atoms with E-state index < -0.39 is 5.56 Å². The summed E-state index contributed by atoms with van der Waals surface area (Å²) in [5, 5.41) is 15.8. The number of aryl methyl sites for hydroxylation is 1. The van der Waals surface area contributed by atoms with Crippen molar-refractivity contribution < 1.29 is 0 Å². The number of aromatic nitrogens is 2. The molecule has 1 heterocycles. The van der Waals surface area contributed by atoms with E-state index in [2.05, 4.69) is 33.5 Å². The molecule has 140 valence electrons. The van der Waals surface area contributed by atoms with Gasteiger partial charge in [-0.1, -0.05) is 66.7 Å². The number of nitriles is 1. The lowest BCUT2D eigenvalue weighted by Crippen LogP contribution is -2.16. The van der Waals surface area contributed by atoms with Crippen LogP contribution in [0.2, 0.25) is 0 Å². The second-order valence-corrected chi connectivity index (χ2v) is 6.50. The quantitative estimate of drug-likeness (QED) is 0.410. The first-order valence-corrected chi connectivity index (χ1v) is 9.04. The van der Waals surface area contributed by atoms with Crippen LogP contribution in [-0.4, -0.2) is 16.2 Å². The Balaban J connectivity index is 1.68. The first kappa shape index (κ1) is 18.1. The molecule has 0 aliphatic rings. The average Bonchev–Trinajstić information content (AvgIpc) is 2.76. The van der Waals surface area contributed by atoms with Crippen LogP contribution in [0.25, 0.3) is 22.0 Å². The average molecular weight is 379 g/mol. The number of aromatic amines is 1. The molecule has 6 nitrogen and oxygen atoms in total. The highest BCUT2D eigenvalue weighted by molar-refractivity contribution is 6.01. The van der Waals surface area contributed by atoms with Crippen LogP contribution in [0.5, 0.6) is 0 Å². The van der Waals surface area contributed by atoms with Crippen LogP contribution in [0.3, 0.4) is 0 Å². The van der Waals surface area contributed by atoms with Gasteiger partial charge in [-0.3, -0.25) is 9.78 Å². The SMILES string of the molecule is Cc1ccc(C=NNc2nc(-c3ccccc3)c(C#N)c(=O)[nH]2)c2ccccc12. The molecule has 0 saturated carbocycles. The van der Waals surface area contributed by atoms with E-state index in [4.69, 9.17) is 0 Å². The largest absolute Gasteiger partial charge is 0.290 e. The highest BCUT2D eigenvalue weighted by Crippen LogP contribution is 2.22. The lowest BCUT2D eigenvalue weighted by Gasteiger charge is -2.07. The van der Waals surface area contributed by atoms with Crippen LogP contribution in [-0.2, 0) is 0 Å². The van der Waals surface area contributed by atoms with Gasteiger partial charge in [0.15, 0.2) is 0 Å². The maximum atomic E-state index is 12.3. The molecule has 0 bridgehead atoms. The van der Waals surface area contributed by atoms with Gasteiger partial charge >= 0.3 is 0 Å². The number of hydrogen-bond donors (Lipinski definition) is 2. The van der Waals surface area contributed by atoms with Crippen LogP contribution in [0.1, 0.15) is 16.7 Å². The summed E-state index contributed by atoms with van der Waals surface area (Å²) in [7, 11) is 0. The van der Waals surface area contributed by atoms with Gasteiger partial charge in [0, 0.05) is 11.1 Å². The molecule has 0 unspecified atom stereocenters. The standard InChI is InChI=1S/C23H17N5O/c1-15-11-12-17(19-10-6-5-9-18(15)19)14-25-28-23-26-21(16-7-3-2-4-8-16)20(13-24)22(29)27-23/h2-12,14H,1H3,(H2,26,27,28,29). The molecule has 0 fully saturated rings. The van der Waals surface area contributed by atoms with E-state index in [0.717, 1.165) is 16.3 Å². The Bertz CT molecular complexity index is 1320. The number of fused-ring (bicyclic) bond motifs is 1. The smallest absolute Gasteiger partial charge is 0.270 e. The molecule has 2 N–H and O–H groups in total. The second kappa shape index (κ2) is 7.79. The monoisotopic (exact) mass is 379 g/mol. The zero-order valence-electron chi connectivity index (χ0n) is 15.7. The van der Waals surface area contributed by atoms with Gasteiger partial charge in [-0.15, -0.1) is 0 Å². The molecular formula is C23H17N5O. The van der Waals surface area contributed by atoms with Gasteiger partial charge in [0.2, 0.25) is 5.95 Å². The zero-order chi connectivity index (χ0) is 20.2. The molecule has 0 aliphatic carbocycles. The third-order valence-electron chi connectivity index (χ3n) is 4.63. The number of anilines is 1. The lowest BCUT2D eigenvalue weighted by atomic mass is 10.0. The van der Waals surface area contributed by atoms with E-state index in [-0.39, 0.29) is 11.5 Å². The number of rotatable bonds is 4. The van der Waals surface area contributed by atoms with Gasteiger partial charge in [0.1, 0.15) is 11.6 Å². The van der Waals surface area contributed by atoms with Gasteiger partial charge < -0.3 is 0 Å². The van der Waals surface area contributed by atoms with E-state index in [1.54, 1.807) is 18.3 Å². The normalized spacial score (nSPS) is 10.9. The Kier molecular flexibility index (Phi) is 4.87. The van der Waals surface area contributed by atoms with Crippen LogP contribution < -0.4 is 11.0 Å². The topological polar surface area (TPSA) is 93.9 Å². The molecule has 4 rings (SSSR count). The Morgan fingerprint density at radius 1 is 1.03 bits per heavy atom. The minimum Gasteiger partial charge on any atom is -0.290 e. The summed E-state index contributed by atoms with van der Waals surface area (Å²) in [4.78, 5) is 19.2. The summed E-state index contributed by atoms with van der Waals surface area (Å²) in [5.74, 6) is 0.167. The first-order valence-electron chi connectivity index (χ1n) is 9.04. The minimum atomic E-state index is -0.514. The van der Waals surface area contributed by atoms with Crippen LogP contribution in [0.4, 0.5) is 5.95 Å². The van der Waals surface area contributed by atoms with Crippen molar-refractivity contribution in [3.63, 3.8) is 0 Å². The number of H-pyrrole nitrogens is 1. The van der Waals surface area contributed by atoms with Gasteiger partial charge in [-0.2, -0.15) is 10.4 Å². The van der Waals surface area contributed by atoms with Crippen molar-refractivity contribution in [1.29, 1.82) is 5.26 Å². The second-order valence-electron chi connectivity index (χ2n) is 6.50. The third kappa shape index (κ3) is 3.62. The summed E-state index contributed by atoms with van der Waals surface area (Å²) in [6, 6.07) is 23.2. The molecule has 0 atom stereocenters. The Morgan fingerprint density at radius 3 is 2.52 bits per heavy atom. The molecule has 0 spiro atoms. The van der Waals surface area contributed by atoms with Gasteiger partial charge in [0.25, 0.3) is 5.56 Å². The van der Waals surface area contributed by atoms with E-state index in [1.807, 2.05) is 54.6 Å². The van der Waals surface area contributed by atoms with Crippen molar-refractivity contribution in [2.24, 2.45) is 5.10 Å². The molecule has 6 heteroatoms. The Morgan fingerprint density at radius 2 is 1.76 bits per heavy atom. The minimum absolute atomic E-state index is 0.0322. The summed E-state index contributed by atoms with van der Waals surface area (Å²) >= 11 is 0. The lowest BCUT2D eigenvalue weighted by molar-refractivity contribution is 1.08. The van der Waals surface area contributed by atoms with Crippen LogP contribution in [0, 0.1) is 18.3 Å². The van der Waals surface area contributed by atoms with Crippen molar-refractivity contribution in [3.8, 4) is 17.3 Å². The summed E-state index contributed by atoms with van der Waals surface area (Å²) in [5.41, 5.74) is 5.36. The molecule has 29 heavy (non-hydrogen) atoms. The van der Waals surface area contributed by atoms with Crippen molar-refractivity contribution in [1.82, 2.24) is 9.97 Å². The maximum absolute atomic E-state index is 12.3. The first-order chi connectivity index (χ1) is 14.2. The highest BCUT2D eigenvalue weighted by atomic mass is 16.1.